The van der Waals surface area contributed by atoms with E-state index in [4.69, 9.17) is 15.8 Å². The number of aromatic amines is 1. The van der Waals surface area contributed by atoms with Gasteiger partial charge in [0.1, 0.15) is 4.90 Å². The highest BCUT2D eigenvalue weighted by molar-refractivity contribution is 7.87. The average molecular weight is 364 g/mol. The van der Waals surface area contributed by atoms with Crippen molar-refractivity contribution in [2.45, 2.75) is 25.2 Å². The van der Waals surface area contributed by atoms with Crippen molar-refractivity contribution in [2.75, 3.05) is 6.61 Å². The molecule has 0 bridgehead atoms. The summed E-state index contributed by atoms with van der Waals surface area (Å²) >= 11 is 6.11. The van der Waals surface area contributed by atoms with Crippen molar-refractivity contribution in [3.63, 3.8) is 0 Å². The third kappa shape index (κ3) is 3.20. The molecule has 6 heteroatoms. The number of H-pyrrole nitrogens is 1. The second kappa shape index (κ2) is 6.59. The molecule has 0 aliphatic rings. The van der Waals surface area contributed by atoms with Gasteiger partial charge < -0.3 is 4.98 Å². The fraction of sp³-hybridized carbons (Fsp3) is 0.222. The lowest BCUT2D eigenvalue weighted by Crippen LogP contribution is -2.08. The van der Waals surface area contributed by atoms with E-state index in [1.165, 1.54) is 0 Å². The number of rotatable bonds is 5. The van der Waals surface area contributed by atoms with E-state index in [9.17, 15) is 8.42 Å². The second-order valence-electron chi connectivity index (χ2n) is 5.67. The Labute approximate surface area is 146 Å². The van der Waals surface area contributed by atoms with Crippen LogP contribution in [-0.2, 0) is 14.3 Å². The number of benzene rings is 2. The smallest absolute Gasteiger partial charge is 0.297 e. The molecule has 1 aromatic heterocycles. The molecule has 3 rings (SSSR count). The summed E-state index contributed by atoms with van der Waals surface area (Å²) in [5.41, 5.74) is 3.26. The zero-order chi connectivity index (χ0) is 17.3. The number of nitrogens with one attached hydrogen (secondary N) is 1. The molecule has 0 aliphatic carbocycles. The number of fused-ring (bicyclic) bond motifs is 1. The Bertz CT molecular complexity index is 993. The van der Waals surface area contributed by atoms with Crippen LogP contribution >= 0.6 is 11.6 Å². The lowest BCUT2D eigenvalue weighted by atomic mass is 10.0. The normalized spacial score (nSPS) is 12.0. The first-order valence-electron chi connectivity index (χ1n) is 7.69. The molecule has 0 unspecified atom stereocenters. The highest BCUT2D eigenvalue weighted by Gasteiger charge is 2.22. The first-order chi connectivity index (χ1) is 11.4. The van der Waals surface area contributed by atoms with Gasteiger partial charge in [0, 0.05) is 33.2 Å². The maximum absolute atomic E-state index is 12.6. The van der Waals surface area contributed by atoms with Gasteiger partial charge in [-0.15, -0.1) is 0 Å². The molecule has 3 aromatic rings. The van der Waals surface area contributed by atoms with Crippen molar-refractivity contribution in [3.05, 3.63) is 53.2 Å². The Morgan fingerprint density at radius 3 is 2.67 bits per heavy atom. The van der Waals surface area contributed by atoms with Crippen molar-refractivity contribution in [2.24, 2.45) is 0 Å². The molecular formula is C18H18ClNO3S. The predicted octanol–water partition coefficient (Wildman–Crippen LogP) is 4.91. The highest BCUT2D eigenvalue weighted by Crippen LogP contribution is 2.35. The number of aromatic nitrogens is 1. The van der Waals surface area contributed by atoms with Gasteiger partial charge >= 0.3 is 0 Å². The summed E-state index contributed by atoms with van der Waals surface area (Å²) in [6.07, 6.45) is 2.43. The maximum atomic E-state index is 12.6. The molecule has 0 amide bonds. The summed E-state index contributed by atoms with van der Waals surface area (Å²) in [6.45, 7) is 3.96. The molecule has 0 spiro atoms. The summed E-state index contributed by atoms with van der Waals surface area (Å²) in [6, 6.07) is 10.7. The molecule has 0 saturated heterocycles. The van der Waals surface area contributed by atoms with Crippen LogP contribution < -0.4 is 0 Å². The highest BCUT2D eigenvalue weighted by atomic mass is 35.5. The van der Waals surface area contributed by atoms with E-state index in [0.717, 1.165) is 22.0 Å². The molecule has 1 N–H and O–H groups in total. The molecule has 126 valence electrons. The lowest BCUT2D eigenvalue weighted by molar-refractivity contribution is 0.318. The Kier molecular flexibility index (Phi) is 4.67. The summed E-state index contributed by atoms with van der Waals surface area (Å²) in [4.78, 5) is 3.33. The second-order valence-corrected chi connectivity index (χ2v) is 7.69. The molecule has 0 fully saturated rings. The van der Waals surface area contributed by atoms with Gasteiger partial charge in [0.25, 0.3) is 10.1 Å². The van der Waals surface area contributed by atoms with E-state index in [0.29, 0.717) is 17.0 Å². The van der Waals surface area contributed by atoms with Crippen LogP contribution in [0.5, 0.6) is 0 Å². The van der Waals surface area contributed by atoms with Crippen LogP contribution in [0.15, 0.2) is 47.5 Å². The van der Waals surface area contributed by atoms with Crippen LogP contribution in [0.1, 0.15) is 18.9 Å². The minimum Gasteiger partial charge on any atom is -0.361 e. The van der Waals surface area contributed by atoms with Crippen molar-refractivity contribution in [1.29, 1.82) is 0 Å². The largest absolute Gasteiger partial charge is 0.361 e. The number of hydrogen-bond acceptors (Lipinski definition) is 3. The van der Waals surface area contributed by atoms with Gasteiger partial charge in [0.05, 0.1) is 6.61 Å². The summed E-state index contributed by atoms with van der Waals surface area (Å²) in [5, 5.41) is 1.47. The van der Waals surface area contributed by atoms with Gasteiger partial charge in [-0.3, -0.25) is 4.18 Å². The molecular weight excluding hydrogens is 346 g/mol. The first kappa shape index (κ1) is 17.0. The molecule has 0 radical (unpaired) electrons. The predicted molar refractivity (Wildman–Crippen MR) is 96.9 cm³/mol. The minimum atomic E-state index is -3.82. The molecule has 2 aromatic carbocycles. The molecule has 4 nitrogen and oxygen atoms in total. The van der Waals surface area contributed by atoms with Gasteiger partial charge in [-0.05, 0) is 43.7 Å². The zero-order valence-corrected chi connectivity index (χ0v) is 15.0. The van der Waals surface area contributed by atoms with Crippen molar-refractivity contribution < 1.29 is 12.6 Å². The quantitative estimate of drug-likeness (QED) is 0.655. The third-order valence-corrected chi connectivity index (χ3v) is 5.39. The molecule has 24 heavy (non-hydrogen) atoms. The fourth-order valence-corrected chi connectivity index (χ4v) is 4.00. The topological polar surface area (TPSA) is 59.2 Å². The zero-order valence-electron chi connectivity index (χ0n) is 13.5. The Morgan fingerprint density at radius 1 is 1.12 bits per heavy atom. The van der Waals surface area contributed by atoms with Crippen LogP contribution in [0.25, 0.3) is 22.0 Å². The van der Waals surface area contributed by atoms with E-state index in [1.807, 2.05) is 32.0 Å². The molecule has 0 saturated carbocycles. The number of aryl methyl sites for hydroxylation is 1. The van der Waals surface area contributed by atoms with Gasteiger partial charge in [-0.2, -0.15) is 8.42 Å². The van der Waals surface area contributed by atoms with Crippen molar-refractivity contribution in [3.8, 4) is 11.1 Å². The Hall–Kier alpha value is -1.82. The molecule has 0 atom stereocenters. The average Bonchev–Trinajstić information content (AvgIpc) is 2.95. The standard InChI is InChI=1S/C18H18ClNO3S/c1-3-8-23-24(21,22)18-7-4-12(2)9-15(18)16-11-20-17-6-5-13(19)10-14(16)17/h4-7,9-11,20H,3,8H2,1-2H3. The number of hydrogen-bond donors (Lipinski definition) is 1. The van der Waals surface area contributed by atoms with Crippen molar-refractivity contribution in [1.82, 2.24) is 4.98 Å². The fourth-order valence-electron chi connectivity index (χ4n) is 2.64. The van der Waals surface area contributed by atoms with E-state index in [-0.39, 0.29) is 11.5 Å². The summed E-state index contributed by atoms with van der Waals surface area (Å²) < 4.78 is 30.2. The third-order valence-electron chi connectivity index (χ3n) is 3.78. The van der Waals surface area contributed by atoms with Gasteiger partial charge in [-0.25, -0.2) is 0 Å². The first-order valence-corrected chi connectivity index (χ1v) is 9.48. The summed E-state index contributed by atoms with van der Waals surface area (Å²) in [7, 11) is -3.82. The summed E-state index contributed by atoms with van der Waals surface area (Å²) in [5.74, 6) is 0. The monoisotopic (exact) mass is 363 g/mol. The maximum Gasteiger partial charge on any atom is 0.297 e. The van der Waals surface area contributed by atoms with Crippen LogP contribution in [0.3, 0.4) is 0 Å². The van der Waals surface area contributed by atoms with Crippen molar-refractivity contribution >= 4 is 32.6 Å². The van der Waals surface area contributed by atoms with Gasteiger partial charge in [0.15, 0.2) is 0 Å². The van der Waals surface area contributed by atoms with E-state index < -0.39 is 10.1 Å². The lowest BCUT2D eigenvalue weighted by Gasteiger charge is -2.11. The molecule has 1 heterocycles. The molecule has 0 aliphatic heterocycles. The van der Waals surface area contributed by atoms with Crippen LogP contribution in [0.2, 0.25) is 5.02 Å². The SMILES string of the molecule is CCCOS(=O)(=O)c1ccc(C)cc1-c1c[nH]c2ccc(Cl)cc12. The van der Waals surface area contributed by atoms with E-state index >= 15 is 0 Å². The minimum absolute atomic E-state index is 0.162. The van der Waals surface area contributed by atoms with E-state index in [2.05, 4.69) is 4.98 Å². The van der Waals surface area contributed by atoms with E-state index in [1.54, 1.807) is 24.4 Å². The van der Waals surface area contributed by atoms with Gasteiger partial charge in [0.2, 0.25) is 0 Å². The van der Waals surface area contributed by atoms with Crippen LogP contribution in [-0.4, -0.2) is 20.0 Å². The van der Waals surface area contributed by atoms with Crippen LogP contribution in [0, 0.1) is 6.92 Å². The Balaban J connectivity index is 2.23. The number of halogens is 1. The van der Waals surface area contributed by atoms with Crippen LogP contribution in [0.4, 0.5) is 0 Å². The Morgan fingerprint density at radius 2 is 1.92 bits per heavy atom. The van der Waals surface area contributed by atoms with Gasteiger partial charge in [-0.1, -0.05) is 30.2 Å².